The molecular weight excluding hydrogens is 216 g/mol. The number of carbonyl (C=O) groups excluding carboxylic acids is 3. The van der Waals surface area contributed by atoms with Gasteiger partial charge in [-0.15, -0.1) is 0 Å². The second-order valence-electron chi connectivity index (χ2n) is 1.71. The molecule has 7 nitrogen and oxygen atoms in total. The molecule has 0 aromatic carbocycles. The Hall–Kier alpha value is 0.370. The van der Waals surface area contributed by atoms with Crippen molar-refractivity contribution in [1.82, 2.24) is 5.32 Å². The first-order chi connectivity index (χ1) is 5.52. The molecule has 1 aliphatic rings. The molecule has 2 amide bonds. The number of hydrogen-bond donors (Lipinski definition) is 1. The Balaban J connectivity index is -0.000000180. The average molecular weight is 221 g/mol. The molecule has 0 saturated carbocycles. The molecule has 0 aromatic rings. The molecule has 1 heterocycles. The van der Waals surface area contributed by atoms with Crippen LogP contribution in [0.15, 0.2) is 0 Å². The van der Waals surface area contributed by atoms with Crippen LogP contribution in [0.1, 0.15) is 0 Å². The Kier molecular flexibility index (Phi) is 16.2. The quantitative estimate of drug-likeness (QED) is 0.320. The molecule has 0 aliphatic carbocycles. The summed E-state index contributed by atoms with van der Waals surface area (Å²) >= 11 is 0. The van der Waals surface area contributed by atoms with Gasteiger partial charge in [0.1, 0.15) is 13.2 Å². The molecule has 0 atom stereocenters. The van der Waals surface area contributed by atoms with Gasteiger partial charge < -0.3 is 19.7 Å². The summed E-state index contributed by atoms with van der Waals surface area (Å²) in [6.07, 6.45) is -2.33. The number of ether oxygens (including phenoxy) is 1. The molecule has 1 N–H and O–H groups in total. The van der Waals surface area contributed by atoms with Gasteiger partial charge in [0.05, 0.1) is 0 Å². The van der Waals surface area contributed by atoms with E-state index in [4.69, 9.17) is 15.0 Å². The third-order valence-corrected chi connectivity index (χ3v) is 0.745. The van der Waals surface area contributed by atoms with Gasteiger partial charge in [0.2, 0.25) is 0 Å². The van der Waals surface area contributed by atoms with Gasteiger partial charge in [-0.05, 0) is 6.16 Å². The molecule has 1 aliphatic heterocycles. The molecule has 0 unspecified atom stereocenters. The van der Waals surface area contributed by atoms with E-state index in [0.29, 0.717) is 0 Å². The number of imide groups is 1. The summed E-state index contributed by atoms with van der Waals surface area (Å²) in [6, 6.07) is 0. The van der Waals surface area contributed by atoms with Gasteiger partial charge in [0.15, 0.2) is 0 Å². The summed E-state index contributed by atoms with van der Waals surface area (Å²) < 4.78 is 4.53. The second-order valence-corrected chi connectivity index (χ2v) is 1.71. The summed E-state index contributed by atoms with van der Waals surface area (Å²) in [4.78, 5) is 28.8. The zero-order chi connectivity index (χ0) is 9.56. The van der Waals surface area contributed by atoms with E-state index in [2.05, 4.69) is 10.1 Å². The second kappa shape index (κ2) is 11.4. The number of carboxylic acid groups (broad SMARTS) is 2. The van der Waals surface area contributed by atoms with Crippen molar-refractivity contribution in [2.24, 2.45) is 0 Å². The summed E-state index contributed by atoms with van der Waals surface area (Å²) in [5, 5.41) is 18.7. The molecule has 68 valence electrons. The van der Waals surface area contributed by atoms with Crippen LogP contribution in [-0.2, 0) is 14.3 Å². The van der Waals surface area contributed by atoms with Gasteiger partial charge in [-0.1, -0.05) is 0 Å². The van der Waals surface area contributed by atoms with E-state index in [9.17, 15) is 9.59 Å². The number of amides is 2. The fourth-order valence-corrected chi connectivity index (χ4v) is 0.464. The first kappa shape index (κ1) is 19.9. The van der Waals surface area contributed by atoms with E-state index in [1.807, 2.05) is 0 Å². The average Bonchev–Trinajstić information content (AvgIpc) is 1.84. The van der Waals surface area contributed by atoms with E-state index in [-0.39, 0.29) is 84.1 Å². The topological polar surface area (TPSA) is 119 Å². The summed E-state index contributed by atoms with van der Waals surface area (Å²) in [6.45, 7) is 0.0114. The number of morpholine rings is 1. The molecule has 1 fully saturated rings. The van der Waals surface area contributed by atoms with Crippen LogP contribution >= 0.6 is 0 Å². The van der Waals surface area contributed by atoms with E-state index >= 15 is 0 Å². The largest absolute Gasteiger partial charge is 1.00 e. The van der Waals surface area contributed by atoms with Crippen LogP contribution in [0, 0.1) is 0 Å². The predicted molar refractivity (Wildman–Crippen MR) is 29.4 cm³/mol. The number of rotatable bonds is 0. The Morgan fingerprint density at radius 2 is 1.43 bits per heavy atom. The SMILES string of the molecule is O=C([O-])[O-].O=C1COCC(=O)N1.[Na+].[Na+]. The summed E-state index contributed by atoms with van der Waals surface area (Å²) in [5.74, 6) is -0.720. The monoisotopic (exact) mass is 221 g/mol. The van der Waals surface area contributed by atoms with Crippen LogP contribution < -0.4 is 74.6 Å². The molecule has 0 bridgehead atoms. The molecular formula is C5H5NNa2O6. The van der Waals surface area contributed by atoms with Gasteiger partial charge in [-0.3, -0.25) is 14.9 Å². The normalized spacial score (nSPS) is 13.4. The fraction of sp³-hybridized carbons (Fsp3) is 0.400. The van der Waals surface area contributed by atoms with Crippen LogP contribution in [0.3, 0.4) is 0 Å². The van der Waals surface area contributed by atoms with E-state index in [1.165, 1.54) is 0 Å². The Labute approximate surface area is 124 Å². The van der Waals surface area contributed by atoms with Gasteiger partial charge in [0, 0.05) is 0 Å². The number of hydrogen-bond acceptors (Lipinski definition) is 6. The molecule has 0 aromatic heterocycles. The Morgan fingerprint density at radius 3 is 1.57 bits per heavy atom. The Bertz CT molecular complexity index is 190. The number of nitrogens with one attached hydrogen (secondary N) is 1. The van der Waals surface area contributed by atoms with Crippen molar-refractivity contribution < 1.29 is 88.4 Å². The van der Waals surface area contributed by atoms with Crippen molar-refractivity contribution in [3.8, 4) is 0 Å². The minimum Gasteiger partial charge on any atom is -0.652 e. The predicted octanol–water partition coefficient (Wildman–Crippen LogP) is -9.78. The fourth-order valence-electron chi connectivity index (χ4n) is 0.464. The van der Waals surface area contributed by atoms with Crippen LogP contribution in [0.5, 0.6) is 0 Å². The Morgan fingerprint density at radius 1 is 1.14 bits per heavy atom. The van der Waals surface area contributed by atoms with Crippen molar-refractivity contribution >= 4 is 18.0 Å². The van der Waals surface area contributed by atoms with Gasteiger partial charge in [-0.2, -0.15) is 0 Å². The van der Waals surface area contributed by atoms with Crippen LogP contribution in [0.25, 0.3) is 0 Å². The zero-order valence-corrected chi connectivity index (χ0v) is 11.9. The standard InChI is InChI=1S/C4H5NO3.CH2O3.2Na/c6-3-1-8-2-4(7)5-3;2-1(3)4;;/h1-2H2,(H,5,6,7);(H2,2,3,4);;/q;;2*+1/p-2. The van der Waals surface area contributed by atoms with E-state index in [1.54, 1.807) is 0 Å². The summed E-state index contributed by atoms with van der Waals surface area (Å²) in [7, 11) is 0. The van der Waals surface area contributed by atoms with Gasteiger partial charge in [-0.25, -0.2) is 0 Å². The van der Waals surface area contributed by atoms with E-state index in [0.717, 1.165) is 0 Å². The maximum absolute atomic E-state index is 10.2. The van der Waals surface area contributed by atoms with Crippen molar-refractivity contribution in [3.05, 3.63) is 0 Å². The van der Waals surface area contributed by atoms with Crippen molar-refractivity contribution in [1.29, 1.82) is 0 Å². The first-order valence-corrected chi connectivity index (χ1v) is 2.81. The van der Waals surface area contributed by atoms with Crippen LogP contribution in [0.4, 0.5) is 4.79 Å². The molecule has 0 spiro atoms. The maximum Gasteiger partial charge on any atom is 1.00 e. The molecule has 1 saturated heterocycles. The van der Waals surface area contributed by atoms with E-state index < -0.39 is 6.16 Å². The number of carbonyl (C=O) groups is 3. The van der Waals surface area contributed by atoms with Gasteiger partial charge in [0.25, 0.3) is 11.8 Å². The smallest absolute Gasteiger partial charge is 0.652 e. The van der Waals surface area contributed by atoms with Crippen molar-refractivity contribution in [2.45, 2.75) is 0 Å². The maximum atomic E-state index is 10.2. The summed E-state index contributed by atoms with van der Waals surface area (Å²) in [5.41, 5.74) is 0. The van der Waals surface area contributed by atoms with Gasteiger partial charge >= 0.3 is 59.1 Å². The van der Waals surface area contributed by atoms with Crippen LogP contribution in [0.2, 0.25) is 0 Å². The van der Waals surface area contributed by atoms with Crippen molar-refractivity contribution in [2.75, 3.05) is 13.2 Å². The minimum absolute atomic E-state index is 0. The molecule has 0 radical (unpaired) electrons. The third kappa shape index (κ3) is 14.9. The van der Waals surface area contributed by atoms with Crippen molar-refractivity contribution in [3.63, 3.8) is 0 Å². The third-order valence-electron chi connectivity index (χ3n) is 0.745. The zero-order valence-electron chi connectivity index (χ0n) is 7.86. The van der Waals surface area contributed by atoms with Crippen LogP contribution in [-0.4, -0.2) is 31.2 Å². The molecule has 1 rings (SSSR count). The first-order valence-electron chi connectivity index (χ1n) is 2.81. The molecule has 9 heteroatoms. The minimum atomic E-state index is -2.33. The molecule has 14 heavy (non-hydrogen) atoms.